The summed E-state index contributed by atoms with van der Waals surface area (Å²) in [5.74, 6) is 0.148. The molecule has 0 aliphatic carbocycles. The van der Waals surface area contributed by atoms with Gasteiger partial charge in [0.25, 0.3) is 5.91 Å². The number of nitrogens with zero attached hydrogens (tertiary/aromatic N) is 5. The van der Waals surface area contributed by atoms with Crippen molar-refractivity contribution < 1.29 is 4.79 Å². The van der Waals surface area contributed by atoms with Gasteiger partial charge in [0.2, 0.25) is 0 Å². The van der Waals surface area contributed by atoms with E-state index in [2.05, 4.69) is 27.0 Å². The van der Waals surface area contributed by atoms with Gasteiger partial charge >= 0.3 is 0 Å². The largest absolute Gasteiger partial charge is 0.333 e. The lowest BCUT2D eigenvalue weighted by molar-refractivity contribution is 0.0512. The molecule has 2 unspecified atom stereocenters. The second kappa shape index (κ2) is 5.90. The van der Waals surface area contributed by atoms with Gasteiger partial charge in [-0.2, -0.15) is 15.0 Å². The third-order valence-corrected chi connectivity index (χ3v) is 5.91. The Morgan fingerprint density at radius 1 is 1.00 bits per heavy atom. The Hall–Kier alpha value is -2.76. The molecule has 3 aromatic rings. The van der Waals surface area contributed by atoms with E-state index in [1.165, 1.54) is 0 Å². The Morgan fingerprint density at radius 2 is 1.73 bits per heavy atom. The molecule has 5 rings (SSSR count). The van der Waals surface area contributed by atoms with Crippen LogP contribution in [0, 0.1) is 6.92 Å². The molecule has 0 saturated carbocycles. The van der Waals surface area contributed by atoms with Crippen LogP contribution in [-0.2, 0) is 0 Å². The first kappa shape index (κ1) is 15.5. The quantitative estimate of drug-likeness (QED) is 0.714. The molecule has 1 amide bonds. The highest BCUT2D eigenvalue weighted by Crippen LogP contribution is 2.41. The smallest absolute Gasteiger partial charge is 0.254 e. The van der Waals surface area contributed by atoms with Crippen molar-refractivity contribution in [2.75, 3.05) is 0 Å². The van der Waals surface area contributed by atoms with Crippen LogP contribution in [0.25, 0.3) is 10.9 Å². The first-order valence-corrected chi connectivity index (χ1v) is 9.24. The molecule has 2 aromatic heterocycles. The fraction of sp³-hybridized carbons (Fsp3) is 0.400. The average Bonchev–Trinajstić information content (AvgIpc) is 3.28. The minimum absolute atomic E-state index is 0.148. The van der Waals surface area contributed by atoms with Crippen LogP contribution in [-0.4, -0.2) is 42.9 Å². The predicted molar refractivity (Wildman–Crippen MR) is 97.8 cm³/mol. The van der Waals surface area contributed by atoms with Crippen LogP contribution in [0.3, 0.4) is 0 Å². The molecule has 0 N–H and O–H groups in total. The number of rotatable bonds is 2. The highest BCUT2D eigenvalue weighted by molar-refractivity contribution is 5.99. The van der Waals surface area contributed by atoms with Gasteiger partial charge in [0.15, 0.2) is 0 Å². The topological polar surface area (TPSA) is 63.9 Å². The van der Waals surface area contributed by atoms with E-state index < -0.39 is 0 Å². The maximum atomic E-state index is 13.3. The lowest BCUT2D eigenvalue weighted by Crippen LogP contribution is -2.47. The van der Waals surface area contributed by atoms with Crippen molar-refractivity contribution in [3.05, 3.63) is 54.0 Å². The van der Waals surface area contributed by atoms with Crippen molar-refractivity contribution in [2.24, 2.45) is 0 Å². The first-order valence-electron chi connectivity index (χ1n) is 9.24. The third kappa shape index (κ3) is 2.40. The molecule has 2 bridgehead atoms. The van der Waals surface area contributed by atoms with Crippen LogP contribution in [0.15, 0.2) is 42.9 Å². The molecule has 2 atom stereocenters. The van der Waals surface area contributed by atoms with E-state index in [1.54, 1.807) is 12.4 Å². The van der Waals surface area contributed by atoms with Crippen LogP contribution in [0.1, 0.15) is 47.6 Å². The summed E-state index contributed by atoms with van der Waals surface area (Å²) in [4.78, 5) is 21.6. The van der Waals surface area contributed by atoms with E-state index in [4.69, 9.17) is 0 Å². The van der Waals surface area contributed by atoms with Crippen LogP contribution in [0.4, 0.5) is 0 Å². The standard InChI is InChI=1S/C20H21N5O/c1-13-6-7-21-19-5-2-14(10-18(13)19)20(26)24-15-3-4-16(24)12-17(11-15)25-22-8-9-23-25/h2,5-10,15-17H,3-4,11-12H2,1H3. The van der Waals surface area contributed by atoms with Crippen LogP contribution < -0.4 is 0 Å². The van der Waals surface area contributed by atoms with Gasteiger partial charge in [-0.15, -0.1) is 0 Å². The number of aromatic nitrogens is 4. The molecule has 26 heavy (non-hydrogen) atoms. The van der Waals surface area contributed by atoms with Crippen molar-refractivity contribution in [3.63, 3.8) is 0 Å². The van der Waals surface area contributed by atoms with E-state index in [9.17, 15) is 4.79 Å². The summed E-state index contributed by atoms with van der Waals surface area (Å²) in [6.45, 7) is 2.06. The summed E-state index contributed by atoms with van der Waals surface area (Å²) in [5, 5.41) is 9.66. The number of hydrogen-bond donors (Lipinski definition) is 0. The number of carbonyl (C=O) groups is 1. The zero-order chi connectivity index (χ0) is 17.7. The molecule has 2 saturated heterocycles. The Morgan fingerprint density at radius 3 is 2.46 bits per heavy atom. The van der Waals surface area contributed by atoms with Gasteiger partial charge in [-0.05, 0) is 62.4 Å². The number of fused-ring (bicyclic) bond motifs is 3. The molecule has 6 nitrogen and oxygen atoms in total. The van der Waals surface area contributed by atoms with Crippen molar-refractivity contribution in [2.45, 2.75) is 50.7 Å². The Kier molecular flexibility index (Phi) is 3.51. The zero-order valence-electron chi connectivity index (χ0n) is 14.7. The molecule has 6 heteroatoms. The minimum atomic E-state index is 0.148. The maximum absolute atomic E-state index is 13.3. The molecule has 0 radical (unpaired) electrons. The lowest BCUT2D eigenvalue weighted by atomic mass is 9.96. The molecule has 0 spiro atoms. The van der Waals surface area contributed by atoms with Gasteiger partial charge < -0.3 is 4.90 Å². The fourth-order valence-electron chi connectivity index (χ4n) is 4.65. The Bertz CT molecular complexity index is 954. The van der Waals surface area contributed by atoms with E-state index in [0.717, 1.165) is 47.7 Å². The summed E-state index contributed by atoms with van der Waals surface area (Å²) in [5.41, 5.74) is 2.85. The van der Waals surface area contributed by atoms with Crippen molar-refractivity contribution in [1.82, 2.24) is 24.9 Å². The highest BCUT2D eigenvalue weighted by atomic mass is 16.2. The third-order valence-electron chi connectivity index (χ3n) is 5.91. The molecule has 2 aliphatic heterocycles. The van der Waals surface area contributed by atoms with E-state index in [1.807, 2.05) is 35.3 Å². The Labute approximate surface area is 151 Å². The van der Waals surface area contributed by atoms with Gasteiger partial charge in [-0.3, -0.25) is 9.78 Å². The van der Waals surface area contributed by atoms with Gasteiger partial charge in [0.05, 0.1) is 24.0 Å². The number of aryl methyl sites for hydroxylation is 1. The average molecular weight is 347 g/mol. The van der Waals surface area contributed by atoms with E-state index in [0.29, 0.717) is 6.04 Å². The highest BCUT2D eigenvalue weighted by Gasteiger charge is 2.44. The van der Waals surface area contributed by atoms with Crippen LogP contribution in [0.5, 0.6) is 0 Å². The summed E-state index contributed by atoms with van der Waals surface area (Å²) in [6, 6.07) is 8.72. The van der Waals surface area contributed by atoms with E-state index >= 15 is 0 Å². The molecule has 2 fully saturated rings. The second-order valence-electron chi connectivity index (χ2n) is 7.43. The number of benzene rings is 1. The number of piperidine rings is 1. The number of pyridine rings is 1. The number of carbonyl (C=O) groups excluding carboxylic acids is 1. The molecular weight excluding hydrogens is 326 g/mol. The normalized spacial score (nSPS) is 25.0. The number of hydrogen-bond acceptors (Lipinski definition) is 4. The molecule has 1 aromatic carbocycles. The van der Waals surface area contributed by atoms with Crippen LogP contribution >= 0.6 is 0 Å². The maximum Gasteiger partial charge on any atom is 0.254 e. The van der Waals surface area contributed by atoms with Crippen LogP contribution in [0.2, 0.25) is 0 Å². The minimum Gasteiger partial charge on any atom is -0.333 e. The lowest BCUT2D eigenvalue weighted by Gasteiger charge is -2.38. The fourth-order valence-corrected chi connectivity index (χ4v) is 4.65. The summed E-state index contributed by atoms with van der Waals surface area (Å²) in [6.07, 6.45) is 9.28. The van der Waals surface area contributed by atoms with Gasteiger partial charge in [-0.1, -0.05) is 0 Å². The summed E-state index contributed by atoms with van der Waals surface area (Å²) >= 11 is 0. The molecular formula is C20H21N5O. The van der Waals surface area contributed by atoms with E-state index in [-0.39, 0.29) is 18.0 Å². The second-order valence-corrected chi connectivity index (χ2v) is 7.43. The number of amides is 1. The van der Waals surface area contributed by atoms with Gasteiger partial charge in [0, 0.05) is 29.2 Å². The predicted octanol–water partition coefficient (Wildman–Crippen LogP) is 3.14. The molecule has 132 valence electrons. The summed E-state index contributed by atoms with van der Waals surface area (Å²) < 4.78 is 0. The molecule has 2 aliphatic rings. The molecule has 4 heterocycles. The van der Waals surface area contributed by atoms with Crippen molar-refractivity contribution >= 4 is 16.8 Å². The monoisotopic (exact) mass is 347 g/mol. The SMILES string of the molecule is Cc1ccnc2ccc(C(=O)N3C4CCC3CC(n3nccn3)C4)cc12. The Balaban J connectivity index is 1.44. The summed E-state index contributed by atoms with van der Waals surface area (Å²) in [7, 11) is 0. The van der Waals surface area contributed by atoms with Crippen molar-refractivity contribution in [3.8, 4) is 0 Å². The van der Waals surface area contributed by atoms with Crippen molar-refractivity contribution in [1.29, 1.82) is 0 Å². The zero-order valence-corrected chi connectivity index (χ0v) is 14.7. The van der Waals surface area contributed by atoms with Gasteiger partial charge in [-0.25, -0.2) is 0 Å². The first-order chi connectivity index (χ1) is 12.7. The van der Waals surface area contributed by atoms with Gasteiger partial charge in [0.1, 0.15) is 0 Å².